The summed E-state index contributed by atoms with van der Waals surface area (Å²) in [5.74, 6) is 1.74. The Labute approximate surface area is 191 Å². The normalized spacial score (nSPS) is 15.6. The molecule has 0 bridgehead atoms. The van der Waals surface area contributed by atoms with Crippen LogP contribution in [-0.2, 0) is 21.1 Å². The molecule has 0 radical (unpaired) electrons. The second-order valence-corrected chi connectivity index (χ2v) is 16.1. The van der Waals surface area contributed by atoms with Crippen LogP contribution in [0.4, 0.5) is 11.4 Å². The number of anilines is 2. The Kier molecular flexibility index (Phi) is 6.52. The second-order valence-electron chi connectivity index (χ2n) is 8.30. The van der Waals surface area contributed by atoms with Crippen LogP contribution in [0.15, 0.2) is 97.1 Å². The van der Waals surface area contributed by atoms with Crippen LogP contribution in [0.5, 0.6) is 11.5 Å². The summed E-state index contributed by atoms with van der Waals surface area (Å²) in [7, 11) is 8.18. The molecule has 0 atom stereocenters. The van der Waals surface area contributed by atoms with Crippen LogP contribution in [0, 0.1) is 0 Å². The van der Waals surface area contributed by atoms with Crippen molar-refractivity contribution in [2.45, 2.75) is 7.25 Å². The number of allylic oxidation sites excluding steroid dienone is 8. The fraction of sp³-hybridized carbons (Fsp3) is 0.231. The van der Waals surface area contributed by atoms with E-state index in [1.165, 1.54) is 0 Å². The average Bonchev–Trinajstić information content (AvgIpc) is 3.48. The summed E-state index contributed by atoms with van der Waals surface area (Å²) in [5, 5.41) is 0. The van der Waals surface area contributed by atoms with Gasteiger partial charge in [-0.3, -0.25) is 0 Å². The molecule has 0 saturated carbocycles. The first-order valence-electron chi connectivity index (χ1n) is 10.6. The first-order chi connectivity index (χ1) is 15.0. The maximum atomic E-state index is 7.01. The summed E-state index contributed by atoms with van der Waals surface area (Å²) in [5.41, 5.74) is 2.23. The molecule has 5 heteroatoms. The van der Waals surface area contributed by atoms with E-state index in [0.29, 0.717) is 0 Å². The standard InChI is InChI=1S/2C8H11NO.2C5H5.Zr/c2*1-9(2)7-4-3-5-8(10)6-7;2*1-2-4-5-3-1;/h2*3-6,10H,1-2H3;2*1-5H;/q;;;;+2/p-2. The number of rotatable bonds is 8. The Balaban J connectivity index is 1.79. The van der Waals surface area contributed by atoms with E-state index in [9.17, 15) is 0 Å². The van der Waals surface area contributed by atoms with Crippen molar-refractivity contribution in [1.82, 2.24) is 0 Å². The Morgan fingerprint density at radius 2 is 1.00 bits per heavy atom. The first-order valence-corrected chi connectivity index (χ1v) is 15.5. The third-order valence-corrected chi connectivity index (χ3v) is 14.8. The van der Waals surface area contributed by atoms with Gasteiger partial charge in [0.25, 0.3) is 0 Å². The van der Waals surface area contributed by atoms with Gasteiger partial charge in [-0.1, -0.05) is 0 Å². The van der Waals surface area contributed by atoms with E-state index in [2.05, 4.69) is 94.8 Å². The van der Waals surface area contributed by atoms with Gasteiger partial charge in [0.2, 0.25) is 0 Å². The van der Waals surface area contributed by atoms with E-state index in [1.54, 1.807) is 0 Å². The number of benzene rings is 2. The fourth-order valence-corrected chi connectivity index (χ4v) is 12.6. The number of nitrogens with zero attached hydrogens (tertiary/aromatic N) is 2. The molecule has 0 saturated heterocycles. The first kappa shape index (κ1) is 21.7. The molecule has 0 fully saturated rings. The van der Waals surface area contributed by atoms with E-state index in [-0.39, 0.29) is 7.25 Å². The van der Waals surface area contributed by atoms with E-state index >= 15 is 0 Å². The minimum atomic E-state index is -3.91. The molecule has 2 aliphatic rings. The molecule has 0 unspecified atom stereocenters. The zero-order valence-corrected chi connectivity index (χ0v) is 21.1. The second kappa shape index (κ2) is 9.32. The van der Waals surface area contributed by atoms with E-state index < -0.39 is 21.1 Å². The van der Waals surface area contributed by atoms with Crippen LogP contribution in [0.2, 0.25) is 7.25 Å². The zero-order chi connectivity index (χ0) is 21.8. The van der Waals surface area contributed by atoms with Crippen molar-refractivity contribution in [1.29, 1.82) is 0 Å². The van der Waals surface area contributed by atoms with Crippen molar-refractivity contribution < 1.29 is 26.8 Å². The van der Waals surface area contributed by atoms with Gasteiger partial charge in [0.1, 0.15) is 0 Å². The molecule has 0 amide bonds. The van der Waals surface area contributed by atoms with Gasteiger partial charge >= 0.3 is 192 Å². The van der Waals surface area contributed by atoms with Crippen LogP contribution in [0.25, 0.3) is 0 Å². The van der Waals surface area contributed by atoms with Gasteiger partial charge in [-0.05, 0) is 0 Å². The van der Waals surface area contributed by atoms with Crippen LogP contribution in [0.1, 0.15) is 0 Å². The van der Waals surface area contributed by atoms with E-state index in [4.69, 9.17) is 5.63 Å². The molecule has 4 rings (SSSR count). The molecule has 31 heavy (non-hydrogen) atoms. The zero-order valence-electron chi connectivity index (χ0n) is 18.6. The van der Waals surface area contributed by atoms with Crippen molar-refractivity contribution >= 4 is 11.4 Å². The van der Waals surface area contributed by atoms with Gasteiger partial charge in [0.05, 0.1) is 0 Å². The maximum absolute atomic E-state index is 7.01. The Hall–Kier alpha value is -2.52. The summed E-state index contributed by atoms with van der Waals surface area (Å²) < 4.78 is 14.3. The van der Waals surface area contributed by atoms with Crippen molar-refractivity contribution in [3.8, 4) is 11.5 Å². The van der Waals surface area contributed by atoms with Crippen LogP contribution in [-0.4, -0.2) is 28.2 Å². The van der Waals surface area contributed by atoms with E-state index in [1.807, 2.05) is 40.3 Å². The SMILES string of the molecule is CN(C)c1cccc([O][Zr]([O]c2cccc(N(C)C)c2)([CH]2C=CC=C2)[CH]2C=CC=C2)c1. The molecule has 2 aliphatic carbocycles. The molecule has 4 nitrogen and oxygen atoms in total. The molecule has 0 N–H and O–H groups in total. The van der Waals surface area contributed by atoms with Crippen molar-refractivity contribution in [3.05, 3.63) is 97.1 Å². The Bertz CT molecular complexity index is 932. The fourth-order valence-electron chi connectivity index (χ4n) is 3.93. The van der Waals surface area contributed by atoms with Gasteiger partial charge in [0.15, 0.2) is 0 Å². The van der Waals surface area contributed by atoms with Gasteiger partial charge in [0, 0.05) is 0 Å². The quantitative estimate of drug-likeness (QED) is 0.444. The summed E-state index contributed by atoms with van der Waals surface area (Å²) >= 11 is -3.91. The number of hydrogen-bond donors (Lipinski definition) is 0. The van der Waals surface area contributed by atoms with Gasteiger partial charge in [-0.15, -0.1) is 0 Å². The molecule has 160 valence electrons. The third kappa shape index (κ3) is 4.72. The summed E-state index contributed by atoms with van der Waals surface area (Å²) in [4.78, 5) is 4.19. The van der Waals surface area contributed by atoms with Crippen molar-refractivity contribution in [2.24, 2.45) is 0 Å². The molecular formula is C26H30N2O2Zr. The monoisotopic (exact) mass is 492 g/mol. The molecule has 0 aliphatic heterocycles. The molecular weight excluding hydrogens is 464 g/mol. The van der Waals surface area contributed by atoms with Crippen LogP contribution < -0.4 is 15.4 Å². The predicted molar refractivity (Wildman–Crippen MR) is 127 cm³/mol. The minimum absolute atomic E-state index is 0.165. The van der Waals surface area contributed by atoms with Gasteiger partial charge in [-0.25, -0.2) is 0 Å². The molecule has 0 aromatic heterocycles. The third-order valence-electron chi connectivity index (χ3n) is 5.65. The van der Waals surface area contributed by atoms with Crippen molar-refractivity contribution in [3.63, 3.8) is 0 Å². The summed E-state index contributed by atoms with van der Waals surface area (Å²) in [6, 6.07) is 16.6. The van der Waals surface area contributed by atoms with Crippen molar-refractivity contribution in [2.75, 3.05) is 38.0 Å². The Morgan fingerprint density at radius 3 is 1.35 bits per heavy atom. The van der Waals surface area contributed by atoms with Crippen LogP contribution >= 0.6 is 0 Å². The topological polar surface area (TPSA) is 24.9 Å². The molecule has 0 spiro atoms. The summed E-state index contributed by atoms with van der Waals surface area (Å²) in [6.45, 7) is 0. The van der Waals surface area contributed by atoms with Gasteiger partial charge in [-0.2, -0.15) is 0 Å². The van der Waals surface area contributed by atoms with E-state index in [0.717, 1.165) is 22.9 Å². The van der Waals surface area contributed by atoms with Gasteiger partial charge < -0.3 is 0 Å². The van der Waals surface area contributed by atoms with Crippen LogP contribution in [0.3, 0.4) is 0 Å². The predicted octanol–water partition coefficient (Wildman–Crippen LogP) is 6.09. The molecule has 2 aromatic rings. The molecule has 2 aromatic carbocycles. The average molecular weight is 494 g/mol. The number of hydrogen-bond acceptors (Lipinski definition) is 4. The molecule has 0 heterocycles. The Morgan fingerprint density at radius 1 is 0.613 bits per heavy atom. The summed E-state index contributed by atoms with van der Waals surface area (Å²) in [6.07, 6.45) is 17.4.